The fraction of sp³-hybridized carbons (Fsp3) is 0.0769. The maximum Gasteiger partial charge on any atom is 0.108 e. The number of para-hydroxylation sites is 1. The number of anilines is 2. The molecule has 16 heavy (non-hydrogen) atoms. The van der Waals surface area contributed by atoms with Crippen molar-refractivity contribution >= 4 is 17.1 Å². The Kier molecular flexibility index (Phi) is 2.96. The molecule has 0 saturated carbocycles. The molecule has 0 amide bonds. The summed E-state index contributed by atoms with van der Waals surface area (Å²) in [6, 6.07) is 15.6. The number of benzene rings is 2. The van der Waals surface area contributed by atoms with Gasteiger partial charge in [-0.1, -0.05) is 24.3 Å². The summed E-state index contributed by atoms with van der Waals surface area (Å²) < 4.78 is 0. The van der Waals surface area contributed by atoms with Gasteiger partial charge in [0.25, 0.3) is 0 Å². The van der Waals surface area contributed by atoms with Crippen molar-refractivity contribution in [3.8, 4) is 0 Å². The summed E-state index contributed by atoms with van der Waals surface area (Å²) in [5, 5.41) is 6.75. The van der Waals surface area contributed by atoms with Crippen molar-refractivity contribution in [2.45, 2.75) is 6.92 Å². The van der Waals surface area contributed by atoms with Crippen LogP contribution in [0, 0.1) is 12.5 Å². The molecule has 0 aliphatic heterocycles. The third-order valence-electron chi connectivity index (χ3n) is 2.33. The molecular weight excluding hydrogens is 198 g/mol. The Labute approximate surface area is 94.6 Å². The van der Waals surface area contributed by atoms with E-state index in [0.29, 0.717) is 5.69 Å². The van der Waals surface area contributed by atoms with Crippen LogP contribution in [0.5, 0.6) is 0 Å². The van der Waals surface area contributed by atoms with Crippen LogP contribution >= 0.6 is 0 Å². The first-order valence-corrected chi connectivity index (χ1v) is 5.10. The largest absolute Gasteiger partial charge is 0.354 e. The van der Waals surface area contributed by atoms with Gasteiger partial charge in [-0.15, -0.1) is 0 Å². The van der Waals surface area contributed by atoms with E-state index < -0.39 is 0 Å². The quantitative estimate of drug-likeness (QED) is 0.726. The Balaban J connectivity index is 2.33. The van der Waals surface area contributed by atoms with Crippen LogP contribution in [0.15, 0.2) is 53.6 Å². The minimum atomic E-state index is 0.648. The lowest BCUT2D eigenvalue weighted by Crippen LogP contribution is -1.90. The molecule has 2 rings (SSSR count). The van der Waals surface area contributed by atoms with Crippen molar-refractivity contribution in [3.63, 3.8) is 0 Å². The van der Waals surface area contributed by atoms with Crippen molar-refractivity contribution in [2.75, 3.05) is 5.32 Å². The molecule has 2 aromatic rings. The SMILES string of the molecule is Cc1ccc(N=N)c(Nc2ccccc2)c1. The summed E-state index contributed by atoms with van der Waals surface area (Å²) in [5.74, 6) is 0. The molecule has 0 fully saturated rings. The van der Waals surface area contributed by atoms with E-state index in [0.717, 1.165) is 16.9 Å². The Morgan fingerprint density at radius 2 is 1.81 bits per heavy atom. The van der Waals surface area contributed by atoms with E-state index in [-0.39, 0.29) is 0 Å². The lowest BCUT2D eigenvalue weighted by atomic mass is 10.2. The Bertz CT molecular complexity index is 492. The van der Waals surface area contributed by atoms with Gasteiger partial charge in [-0.3, -0.25) is 0 Å². The highest BCUT2D eigenvalue weighted by atomic mass is 15.0. The summed E-state index contributed by atoms with van der Waals surface area (Å²) in [7, 11) is 0. The predicted octanol–water partition coefficient (Wildman–Crippen LogP) is 4.40. The van der Waals surface area contributed by atoms with Gasteiger partial charge in [0.1, 0.15) is 5.69 Å². The smallest absolute Gasteiger partial charge is 0.108 e. The fourth-order valence-corrected chi connectivity index (χ4v) is 1.52. The van der Waals surface area contributed by atoms with Crippen molar-refractivity contribution in [1.29, 1.82) is 5.53 Å². The van der Waals surface area contributed by atoms with Crippen LogP contribution in [0.1, 0.15) is 5.56 Å². The first kappa shape index (κ1) is 10.4. The standard InChI is InChI=1S/C13H13N3/c1-10-7-8-12(16-14)13(9-10)15-11-5-3-2-4-6-11/h2-9,14-15H,1H3. The average Bonchev–Trinajstić information content (AvgIpc) is 2.31. The molecule has 0 aliphatic rings. The number of rotatable bonds is 3. The summed E-state index contributed by atoms with van der Waals surface area (Å²) >= 11 is 0. The molecule has 3 nitrogen and oxygen atoms in total. The monoisotopic (exact) mass is 211 g/mol. The molecule has 80 valence electrons. The summed E-state index contributed by atoms with van der Waals surface area (Å²) in [6.07, 6.45) is 0. The fourth-order valence-electron chi connectivity index (χ4n) is 1.52. The van der Waals surface area contributed by atoms with E-state index in [9.17, 15) is 0 Å². The first-order valence-electron chi connectivity index (χ1n) is 5.10. The highest BCUT2D eigenvalue weighted by Crippen LogP contribution is 2.28. The minimum absolute atomic E-state index is 0.648. The topological polar surface area (TPSA) is 48.2 Å². The van der Waals surface area contributed by atoms with Crippen LogP contribution in [0.2, 0.25) is 0 Å². The van der Waals surface area contributed by atoms with Gasteiger partial charge < -0.3 is 5.32 Å². The number of hydrogen-bond donors (Lipinski definition) is 2. The first-order chi connectivity index (χ1) is 7.79. The van der Waals surface area contributed by atoms with E-state index in [2.05, 4.69) is 10.4 Å². The summed E-state index contributed by atoms with van der Waals surface area (Å²) in [4.78, 5) is 0. The third kappa shape index (κ3) is 2.25. The van der Waals surface area contributed by atoms with E-state index in [1.165, 1.54) is 0 Å². The van der Waals surface area contributed by atoms with E-state index in [1.54, 1.807) is 0 Å². The average molecular weight is 211 g/mol. The molecule has 0 spiro atoms. The summed E-state index contributed by atoms with van der Waals surface area (Å²) in [6.45, 7) is 2.02. The predicted molar refractivity (Wildman–Crippen MR) is 65.7 cm³/mol. The van der Waals surface area contributed by atoms with Crippen LogP contribution in [0.25, 0.3) is 0 Å². The second kappa shape index (κ2) is 4.57. The molecule has 0 heterocycles. The Hall–Kier alpha value is -2.16. The van der Waals surface area contributed by atoms with Crippen molar-refractivity contribution in [1.82, 2.24) is 0 Å². The van der Waals surface area contributed by atoms with Gasteiger partial charge in [-0.2, -0.15) is 5.11 Å². The second-order valence-electron chi connectivity index (χ2n) is 3.62. The number of aryl methyl sites for hydroxylation is 1. The van der Waals surface area contributed by atoms with Gasteiger partial charge in [0.2, 0.25) is 0 Å². The molecule has 0 radical (unpaired) electrons. The van der Waals surface area contributed by atoms with Crippen LogP contribution in [-0.2, 0) is 0 Å². The Morgan fingerprint density at radius 1 is 1.06 bits per heavy atom. The lowest BCUT2D eigenvalue weighted by molar-refractivity contribution is 1.15. The highest BCUT2D eigenvalue weighted by Gasteiger charge is 2.01. The molecule has 0 unspecified atom stereocenters. The van der Waals surface area contributed by atoms with E-state index in [1.807, 2.05) is 55.5 Å². The maximum absolute atomic E-state index is 7.11. The van der Waals surface area contributed by atoms with Gasteiger partial charge in [-0.25, -0.2) is 5.53 Å². The highest BCUT2D eigenvalue weighted by molar-refractivity contribution is 5.72. The Morgan fingerprint density at radius 3 is 2.50 bits per heavy atom. The minimum Gasteiger partial charge on any atom is -0.354 e. The zero-order chi connectivity index (χ0) is 11.4. The van der Waals surface area contributed by atoms with Gasteiger partial charge in [0, 0.05) is 5.69 Å². The summed E-state index contributed by atoms with van der Waals surface area (Å²) in [5.41, 5.74) is 10.8. The molecule has 2 aromatic carbocycles. The van der Waals surface area contributed by atoms with Gasteiger partial charge in [0.05, 0.1) is 5.69 Å². The van der Waals surface area contributed by atoms with Gasteiger partial charge in [-0.05, 0) is 36.8 Å². The molecule has 2 N–H and O–H groups in total. The second-order valence-corrected chi connectivity index (χ2v) is 3.62. The number of nitrogens with one attached hydrogen (secondary N) is 2. The number of nitrogens with zero attached hydrogens (tertiary/aromatic N) is 1. The van der Waals surface area contributed by atoms with Crippen LogP contribution in [-0.4, -0.2) is 0 Å². The van der Waals surface area contributed by atoms with Crippen molar-refractivity contribution < 1.29 is 0 Å². The maximum atomic E-state index is 7.11. The molecule has 0 aromatic heterocycles. The van der Waals surface area contributed by atoms with Crippen LogP contribution in [0.4, 0.5) is 17.1 Å². The van der Waals surface area contributed by atoms with Crippen molar-refractivity contribution in [3.05, 3.63) is 54.1 Å². The van der Waals surface area contributed by atoms with Gasteiger partial charge in [0.15, 0.2) is 0 Å². The van der Waals surface area contributed by atoms with Crippen molar-refractivity contribution in [2.24, 2.45) is 5.11 Å². The van der Waals surface area contributed by atoms with Crippen LogP contribution in [0.3, 0.4) is 0 Å². The normalized spacial score (nSPS) is 9.81. The third-order valence-corrected chi connectivity index (χ3v) is 2.33. The molecule has 0 bridgehead atoms. The van der Waals surface area contributed by atoms with E-state index >= 15 is 0 Å². The molecular formula is C13H13N3. The van der Waals surface area contributed by atoms with Crippen LogP contribution < -0.4 is 5.32 Å². The molecule has 3 heteroatoms. The molecule has 0 atom stereocenters. The molecule has 0 aliphatic carbocycles. The van der Waals surface area contributed by atoms with Gasteiger partial charge >= 0.3 is 0 Å². The molecule has 0 saturated heterocycles. The lowest BCUT2D eigenvalue weighted by Gasteiger charge is -2.09. The zero-order valence-corrected chi connectivity index (χ0v) is 9.07. The van der Waals surface area contributed by atoms with E-state index in [4.69, 9.17) is 5.53 Å². The zero-order valence-electron chi connectivity index (χ0n) is 9.07. The number of hydrogen-bond acceptors (Lipinski definition) is 3.